The Morgan fingerprint density at radius 1 is 1.43 bits per heavy atom. The summed E-state index contributed by atoms with van der Waals surface area (Å²) in [6.45, 7) is 1.03. The van der Waals surface area contributed by atoms with Gasteiger partial charge in [-0.25, -0.2) is 0 Å². The van der Waals surface area contributed by atoms with Gasteiger partial charge in [0, 0.05) is 35.6 Å². The normalized spacial score (nSPS) is 18.2. The lowest BCUT2D eigenvalue weighted by molar-refractivity contribution is -0.137. The SMILES string of the molecule is CN1CCc2c([nH]c3ccccc23)C1CCCC(=O)O.Cl. The van der Waals surface area contributed by atoms with Crippen LogP contribution in [0.2, 0.25) is 0 Å². The van der Waals surface area contributed by atoms with Crippen molar-refractivity contribution in [1.29, 1.82) is 0 Å². The van der Waals surface area contributed by atoms with Crippen molar-refractivity contribution in [3.05, 3.63) is 35.5 Å². The summed E-state index contributed by atoms with van der Waals surface area (Å²) in [6.07, 6.45) is 2.92. The minimum absolute atomic E-state index is 0. The van der Waals surface area contributed by atoms with Crippen LogP contribution >= 0.6 is 12.4 Å². The molecule has 21 heavy (non-hydrogen) atoms. The lowest BCUT2D eigenvalue weighted by atomic mass is 9.94. The zero-order valence-electron chi connectivity index (χ0n) is 12.1. The van der Waals surface area contributed by atoms with E-state index < -0.39 is 5.97 Å². The first kappa shape index (κ1) is 15.9. The third kappa shape index (κ3) is 3.06. The van der Waals surface area contributed by atoms with E-state index in [1.807, 2.05) is 6.07 Å². The second kappa shape index (κ2) is 6.50. The molecule has 3 rings (SSSR count). The molecule has 1 aliphatic heterocycles. The van der Waals surface area contributed by atoms with Crippen molar-refractivity contribution in [2.75, 3.05) is 13.6 Å². The molecule has 0 fully saturated rings. The number of benzene rings is 1. The van der Waals surface area contributed by atoms with Crippen LogP contribution in [0.25, 0.3) is 10.9 Å². The monoisotopic (exact) mass is 308 g/mol. The molecule has 0 bridgehead atoms. The van der Waals surface area contributed by atoms with Crippen molar-refractivity contribution in [3.8, 4) is 0 Å². The molecule has 2 N–H and O–H groups in total. The van der Waals surface area contributed by atoms with E-state index in [4.69, 9.17) is 5.11 Å². The molecule has 1 unspecified atom stereocenters. The number of aliphatic carboxylic acids is 1. The Morgan fingerprint density at radius 2 is 2.19 bits per heavy atom. The van der Waals surface area contributed by atoms with Crippen LogP contribution in [0.1, 0.15) is 36.6 Å². The number of nitrogens with one attached hydrogen (secondary N) is 1. The summed E-state index contributed by atoms with van der Waals surface area (Å²) in [5, 5.41) is 10.1. The molecular weight excluding hydrogens is 288 g/mol. The molecule has 5 heteroatoms. The maximum absolute atomic E-state index is 10.7. The predicted molar refractivity (Wildman–Crippen MR) is 86.1 cm³/mol. The van der Waals surface area contributed by atoms with E-state index in [-0.39, 0.29) is 18.8 Å². The van der Waals surface area contributed by atoms with Crippen LogP contribution in [0, 0.1) is 0 Å². The van der Waals surface area contributed by atoms with Crippen molar-refractivity contribution in [3.63, 3.8) is 0 Å². The molecule has 0 spiro atoms. The van der Waals surface area contributed by atoms with Crippen LogP contribution in [0.4, 0.5) is 0 Å². The van der Waals surface area contributed by atoms with Gasteiger partial charge >= 0.3 is 5.97 Å². The number of rotatable bonds is 4. The molecular formula is C16H21ClN2O2. The number of carboxylic acid groups (broad SMARTS) is 1. The van der Waals surface area contributed by atoms with E-state index in [1.54, 1.807) is 0 Å². The Bertz CT molecular complexity index is 638. The summed E-state index contributed by atoms with van der Waals surface area (Å²) in [6, 6.07) is 8.72. The van der Waals surface area contributed by atoms with Gasteiger partial charge in [0.1, 0.15) is 0 Å². The van der Waals surface area contributed by atoms with Gasteiger partial charge in [0.25, 0.3) is 0 Å². The van der Waals surface area contributed by atoms with E-state index in [0.717, 1.165) is 25.8 Å². The van der Waals surface area contributed by atoms with Crippen LogP contribution < -0.4 is 0 Å². The third-order valence-corrected chi connectivity index (χ3v) is 4.29. The highest BCUT2D eigenvalue weighted by Gasteiger charge is 2.27. The Balaban J connectivity index is 0.00000161. The van der Waals surface area contributed by atoms with E-state index in [2.05, 4.69) is 35.1 Å². The second-order valence-corrected chi connectivity index (χ2v) is 5.60. The van der Waals surface area contributed by atoms with Crippen LogP contribution in [0.15, 0.2) is 24.3 Å². The Morgan fingerprint density at radius 3 is 2.95 bits per heavy atom. The lowest BCUT2D eigenvalue weighted by Gasteiger charge is -2.32. The number of hydrogen-bond acceptors (Lipinski definition) is 2. The fraction of sp³-hybridized carbons (Fsp3) is 0.438. The van der Waals surface area contributed by atoms with Gasteiger partial charge in [-0.1, -0.05) is 18.2 Å². The topological polar surface area (TPSA) is 56.3 Å². The standard InChI is InChI=1S/C16H20N2O2.ClH/c1-18-10-9-12-11-5-2-3-6-13(11)17-16(12)14(18)7-4-8-15(19)20;/h2-3,5-6,14,17H,4,7-10H2,1H3,(H,19,20);1H. The molecule has 1 aromatic heterocycles. The minimum Gasteiger partial charge on any atom is -0.481 e. The zero-order chi connectivity index (χ0) is 14.1. The van der Waals surface area contributed by atoms with Crippen LogP contribution in [-0.4, -0.2) is 34.6 Å². The maximum Gasteiger partial charge on any atom is 0.303 e. The number of halogens is 1. The summed E-state index contributed by atoms with van der Waals surface area (Å²) >= 11 is 0. The number of carboxylic acids is 1. The van der Waals surface area contributed by atoms with Crippen LogP contribution in [0.5, 0.6) is 0 Å². The van der Waals surface area contributed by atoms with Crippen molar-refractivity contribution >= 4 is 29.3 Å². The first-order valence-corrected chi connectivity index (χ1v) is 7.18. The molecule has 2 heterocycles. The second-order valence-electron chi connectivity index (χ2n) is 5.60. The molecule has 1 aliphatic rings. The van der Waals surface area contributed by atoms with Gasteiger partial charge in [-0.3, -0.25) is 9.69 Å². The van der Waals surface area contributed by atoms with E-state index in [0.29, 0.717) is 6.04 Å². The third-order valence-electron chi connectivity index (χ3n) is 4.29. The molecule has 0 saturated heterocycles. The van der Waals surface area contributed by atoms with Gasteiger partial charge in [0.15, 0.2) is 0 Å². The summed E-state index contributed by atoms with van der Waals surface area (Å²) < 4.78 is 0. The molecule has 0 amide bonds. The molecule has 0 radical (unpaired) electrons. The smallest absolute Gasteiger partial charge is 0.303 e. The number of carbonyl (C=O) groups is 1. The highest BCUT2D eigenvalue weighted by atomic mass is 35.5. The number of likely N-dealkylation sites (N-methyl/N-ethyl adjacent to an activating group) is 1. The molecule has 1 aromatic carbocycles. The van der Waals surface area contributed by atoms with E-state index >= 15 is 0 Å². The zero-order valence-corrected chi connectivity index (χ0v) is 12.9. The average Bonchev–Trinajstić information content (AvgIpc) is 2.79. The number of hydrogen-bond donors (Lipinski definition) is 2. The van der Waals surface area contributed by atoms with Gasteiger partial charge in [-0.05, 0) is 37.9 Å². The molecule has 4 nitrogen and oxygen atoms in total. The predicted octanol–water partition coefficient (Wildman–Crippen LogP) is 3.37. The number of fused-ring (bicyclic) bond motifs is 3. The van der Waals surface area contributed by atoms with Crippen molar-refractivity contribution in [2.45, 2.75) is 31.7 Å². The van der Waals surface area contributed by atoms with Crippen LogP contribution in [-0.2, 0) is 11.2 Å². The van der Waals surface area contributed by atoms with Crippen molar-refractivity contribution < 1.29 is 9.90 Å². The molecule has 1 atom stereocenters. The van der Waals surface area contributed by atoms with E-state index in [1.165, 1.54) is 22.2 Å². The Kier molecular flexibility index (Phi) is 4.91. The molecule has 0 saturated carbocycles. The average molecular weight is 309 g/mol. The summed E-state index contributed by atoms with van der Waals surface area (Å²) in [7, 11) is 2.12. The maximum atomic E-state index is 10.7. The molecule has 114 valence electrons. The largest absolute Gasteiger partial charge is 0.481 e. The van der Waals surface area contributed by atoms with Crippen molar-refractivity contribution in [2.24, 2.45) is 0 Å². The van der Waals surface area contributed by atoms with Crippen molar-refractivity contribution in [1.82, 2.24) is 9.88 Å². The van der Waals surface area contributed by atoms with E-state index in [9.17, 15) is 4.79 Å². The van der Waals surface area contributed by atoms with Gasteiger partial charge in [-0.2, -0.15) is 0 Å². The fourth-order valence-electron chi connectivity index (χ4n) is 3.25. The van der Waals surface area contributed by atoms with Gasteiger partial charge in [-0.15, -0.1) is 12.4 Å². The first-order valence-electron chi connectivity index (χ1n) is 7.18. The number of para-hydroxylation sites is 1. The van der Waals surface area contributed by atoms with Gasteiger partial charge in [0.2, 0.25) is 0 Å². The number of nitrogens with zero attached hydrogens (tertiary/aromatic N) is 1. The van der Waals surface area contributed by atoms with Gasteiger partial charge in [0.05, 0.1) is 0 Å². The quantitative estimate of drug-likeness (QED) is 0.910. The first-order chi connectivity index (χ1) is 9.66. The summed E-state index contributed by atoms with van der Waals surface area (Å²) in [5.74, 6) is -0.708. The Hall–Kier alpha value is -1.52. The lowest BCUT2D eigenvalue weighted by Crippen LogP contribution is -2.32. The minimum atomic E-state index is -0.708. The number of aromatic nitrogens is 1. The fourth-order valence-corrected chi connectivity index (χ4v) is 3.25. The van der Waals surface area contributed by atoms with Crippen LogP contribution in [0.3, 0.4) is 0 Å². The highest BCUT2D eigenvalue weighted by Crippen LogP contribution is 2.36. The van der Waals surface area contributed by atoms with Gasteiger partial charge < -0.3 is 10.1 Å². The number of aromatic amines is 1. The molecule has 2 aromatic rings. The molecule has 0 aliphatic carbocycles. The highest BCUT2D eigenvalue weighted by molar-refractivity contribution is 5.85. The summed E-state index contributed by atoms with van der Waals surface area (Å²) in [4.78, 5) is 16.6. The number of H-pyrrole nitrogens is 1. The Labute approximate surface area is 130 Å². The summed E-state index contributed by atoms with van der Waals surface area (Å²) in [5.41, 5.74) is 3.89.